The van der Waals surface area contributed by atoms with E-state index in [4.69, 9.17) is 30.0 Å². The second-order valence-electron chi connectivity index (χ2n) is 2.81. The molecule has 0 fully saturated rings. The summed E-state index contributed by atoms with van der Waals surface area (Å²) in [7, 11) is 0. The smallest absolute Gasteiger partial charge is 0.652 e. The zero-order valence-corrected chi connectivity index (χ0v) is 12.5. The van der Waals surface area contributed by atoms with E-state index in [2.05, 4.69) is 0 Å². The molecule has 0 aliphatic heterocycles. The first-order chi connectivity index (χ1) is 9.46. The molecule has 2 aromatic carbocycles. The van der Waals surface area contributed by atoms with E-state index >= 15 is 0 Å². The monoisotopic (exact) mass is 300 g/mol. The van der Waals surface area contributed by atoms with Gasteiger partial charge >= 0.3 is 23.1 Å². The van der Waals surface area contributed by atoms with Gasteiger partial charge in [0.25, 0.3) is 0 Å². The Kier molecular flexibility index (Phi) is 22.8. The molecule has 0 saturated carbocycles. The Morgan fingerprint density at radius 3 is 0.524 bits per heavy atom. The first-order valence-corrected chi connectivity index (χ1v) is 5.22. The molecule has 7 heteroatoms. The van der Waals surface area contributed by atoms with Gasteiger partial charge in [-0.1, -0.05) is 72.8 Å². The Bertz CT molecular complexity index is 331. The molecule has 0 atom stereocenters. The zero-order valence-electron chi connectivity index (χ0n) is 11.1. The van der Waals surface area contributed by atoms with Crippen molar-refractivity contribution in [1.82, 2.24) is 0 Å². The molecule has 6 nitrogen and oxygen atoms in total. The minimum atomic E-state index is -2.33. The summed E-state index contributed by atoms with van der Waals surface area (Å²) in [6, 6.07) is 24.0. The van der Waals surface area contributed by atoms with Crippen molar-refractivity contribution < 1.29 is 30.0 Å². The topological polar surface area (TPSA) is 126 Å². The fourth-order valence-electron chi connectivity index (χ4n) is 0.770. The van der Waals surface area contributed by atoms with E-state index < -0.39 is 12.3 Å². The molecule has 2 aromatic rings. The summed E-state index contributed by atoms with van der Waals surface area (Å²) in [5.41, 5.74) is 0. The third-order valence-corrected chi connectivity index (χ3v) is 1.33. The minimum Gasteiger partial charge on any atom is -0.652 e. The molecule has 2 rings (SSSR count). The molecule has 108 valence electrons. The first-order valence-electron chi connectivity index (χ1n) is 5.22. The van der Waals surface area contributed by atoms with Gasteiger partial charge in [-0.05, 0) is 12.3 Å². The van der Waals surface area contributed by atoms with Gasteiger partial charge in [-0.2, -0.15) is 0 Å². The van der Waals surface area contributed by atoms with Crippen molar-refractivity contribution in [2.45, 2.75) is 0 Å². The van der Waals surface area contributed by atoms with Crippen LogP contribution in [0.2, 0.25) is 0 Å². The van der Waals surface area contributed by atoms with Gasteiger partial charge in [0.05, 0.1) is 0 Å². The molecule has 0 amide bonds. The predicted octanol–water partition coefficient (Wildman–Crippen LogP) is -1.90. The number of carboxylic acid groups (broad SMARTS) is 4. The number of benzene rings is 2. The molecule has 0 heterocycles. The summed E-state index contributed by atoms with van der Waals surface area (Å²) in [5, 5.41) is 33.3. The van der Waals surface area contributed by atoms with Crippen molar-refractivity contribution in [2.24, 2.45) is 0 Å². The molecular formula is C14H12MgO6-2. The standard InChI is InChI=1S/2C6H6.2CH2O3.Mg/c2*1-2-4-6-5-3-1;2*2-1(3)4;/h2*1-6H;2*(H2,2,3,4);/q;;;;+2/p-4. The molecule has 0 bridgehead atoms. The van der Waals surface area contributed by atoms with E-state index in [0.29, 0.717) is 0 Å². The summed E-state index contributed by atoms with van der Waals surface area (Å²) in [6.45, 7) is 0. The molecule has 0 unspecified atom stereocenters. The van der Waals surface area contributed by atoms with Crippen molar-refractivity contribution in [1.29, 1.82) is 0 Å². The van der Waals surface area contributed by atoms with E-state index in [1.807, 2.05) is 72.8 Å². The second kappa shape index (κ2) is 20.1. The second-order valence-corrected chi connectivity index (χ2v) is 2.81. The van der Waals surface area contributed by atoms with Crippen molar-refractivity contribution in [3.05, 3.63) is 72.8 Å². The fourth-order valence-corrected chi connectivity index (χ4v) is 0.770. The third-order valence-electron chi connectivity index (χ3n) is 1.33. The average Bonchev–Trinajstić information content (AvgIpc) is 2.42. The molecule has 21 heavy (non-hydrogen) atoms. The Labute approximate surface area is 138 Å². The normalized spacial score (nSPS) is 6.86. The van der Waals surface area contributed by atoms with Gasteiger partial charge in [0.2, 0.25) is 0 Å². The van der Waals surface area contributed by atoms with Crippen LogP contribution in [0.3, 0.4) is 0 Å². The average molecular weight is 301 g/mol. The zero-order chi connectivity index (χ0) is 15.6. The Morgan fingerprint density at radius 1 is 0.429 bits per heavy atom. The minimum absolute atomic E-state index is 0. The van der Waals surface area contributed by atoms with E-state index in [-0.39, 0.29) is 23.1 Å². The van der Waals surface area contributed by atoms with Gasteiger partial charge < -0.3 is 30.0 Å². The molecule has 0 saturated heterocycles. The van der Waals surface area contributed by atoms with Crippen LogP contribution in [0.25, 0.3) is 0 Å². The predicted molar refractivity (Wildman–Crippen MR) is 69.4 cm³/mol. The van der Waals surface area contributed by atoms with Crippen LogP contribution in [-0.4, -0.2) is 35.4 Å². The third kappa shape index (κ3) is 46.3. The summed E-state index contributed by atoms with van der Waals surface area (Å²) >= 11 is 0. The van der Waals surface area contributed by atoms with Crippen molar-refractivity contribution in [3.63, 3.8) is 0 Å². The van der Waals surface area contributed by atoms with Gasteiger partial charge in [0.1, 0.15) is 0 Å². The molecule has 0 spiro atoms. The fraction of sp³-hybridized carbons (Fsp3) is 0. The molecular weight excluding hydrogens is 288 g/mol. The van der Waals surface area contributed by atoms with Crippen molar-refractivity contribution in [2.75, 3.05) is 0 Å². The van der Waals surface area contributed by atoms with Gasteiger partial charge in [0.15, 0.2) is 0 Å². The number of carbonyl (C=O) groups is 2. The molecule has 0 radical (unpaired) electrons. The molecule has 0 aliphatic carbocycles. The molecule has 0 aromatic heterocycles. The van der Waals surface area contributed by atoms with Crippen LogP contribution in [0, 0.1) is 0 Å². The maximum absolute atomic E-state index is 8.33. The summed E-state index contributed by atoms with van der Waals surface area (Å²) in [5.74, 6) is 0. The molecule has 0 aliphatic rings. The van der Waals surface area contributed by atoms with Gasteiger partial charge in [-0.3, -0.25) is 0 Å². The van der Waals surface area contributed by atoms with Crippen molar-refractivity contribution in [3.8, 4) is 0 Å². The maximum Gasteiger partial charge on any atom is 2.00 e. The van der Waals surface area contributed by atoms with Crippen molar-refractivity contribution >= 4 is 35.4 Å². The van der Waals surface area contributed by atoms with Crippen LogP contribution < -0.4 is 20.4 Å². The number of rotatable bonds is 0. The van der Waals surface area contributed by atoms with Gasteiger partial charge in [-0.25, -0.2) is 0 Å². The van der Waals surface area contributed by atoms with E-state index in [1.54, 1.807) is 0 Å². The van der Waals surface area contributed by atoms with Crippen LogP contribution in [0.5, 0.6) is 0 Å². The van der Waals surface area contributed by atoms with Crippen LogP contribution >= 0.6 is 0 Å². The van der Waals surface area contributed by atoms with Crippen LogP contribution in [0.4, 0.5) is 9.59 Å². The number of carbonyl (C=O) groups excluding carboxylic acids is 2. The van der Waals surface area contributed by atoms with E-state index in [1.165, 1.54) is 0 Å². The largest absolute Gasteiger partial charge is 2.00 e. The number of hydrogen-bond donors (Lipinski definition) is 0. The van der Waals surface area contributed by atoms with Gasteiger partial charge in [-0.15, -0.1) is 0 Å². The molecule has 0 N–H and O–H groups in total. The van der Waals surface area contributed by atoms with Crippen LogP contribution in [0.15, 0.2) is 72.8 Å². The maximum atomic E-state index is 8.33. The summed E-state index contributed by atoms with van der Waals surface area (Å²) in [6.07, 6.45) is -4.67. The van der Waals surface area contributed by atoms with Crippen LogP contribution in [0.1, 0.15) is 0 Å². The Balaban J connectivity index is -0.000000208. The first kappa shape index (κ1) is 23.8. The summed E-state index contributed by atoms with van der Waals surface area (Å²) < 4.78 is 0. The SMILES string of the molecule is O=C([O-])[O-].O=C([O-])[O-].[Mg+2].c1ccccc1.c1ccccc1. The van der Waals surface area contributed by atoms with E-state index in [0.717, 1.165) is 0 Å². The number of hydrogen-bond acceptors (Lipinski definition) is 6. The summed E-state index contributed by atoms with van der Waals surface area (Å²) in [4.78, 5) is 16.7. The Hall–Kier alpha value is -2.25. The van der Waals surface area contributed by atoms with E-state index in [9.17, 15) is 0 Å². The quantitative estimate of drug-likeness (QED) is 0.523. The van der Waals surface area contributed by atoms with Crippen LogP contribution in [-0.2, 0) is 0 Å². The van der Waals surface area contributed by atoms with Gasteiger partial charge in [0, 0.05) is 0 Å². The Morgan fingerprint density at radius 2 is 0.476 bits per heavy atom.